The molecule has 0 spiro atoms. The first-order chi connectivity index (χ1) is 15.2. The summed E-state index contributed by atoms with van der Waals surface area (Å²) in [7, 11) is 1.34. The van der Waals surface area contributed by atoms with Crippen molar-refractivity contribution in [2.45, 2.75) is 39.2 Å². The van der Waals surface area contributed by atoms with E-state index >= 15 is 0 Å². The lowest BCUT2D eigenvalue weighted by molar-refractivity contribution is -0.155. The maximum Gasteiger partial charge on any atom is 0.337 e. The molecule has 0 radical (unpaired) electrons. The Bertz CT molecular complexity index is 1080. The average Bonchev–Trinajstić information content (AvgIpc) is 3.27. The van der Waals surface area contributed by atoms with E-state index in [9.17, 15) is 9.59 Å². The van der Waals surface area contributed by atoms with E-state index in [0.29, 0.717) is 29.3 Å². The van der Waals surface area contributed by atoms with E-state index < -0.39 is 23.5 Å². The van der Waals surface area contributed by atoms with Gasteiger partial charge in [0.1, 0.15) is 11.5 Å². The van der Waals surface area contributed by atoms with E-state index in [1.54, 1.807) is 30.6 Å². The van der Waals surface area contributed by atoms with E-state index in [0.717, 1.165) is 11.1 Å². The average molecular weight is 437 g/mol. The molecule has 168 valence electrons. The standard InChI is InChI=1S/C25H28N2O5/c1-6-31-22-19(21(20-11-8-12-26-20)24(29)32-25(2,3)4)14-18(15-27-22)16-9-7-10-17(13-16)23(28)30-5/h7-15,21,26H,6H2,1-5H3. The molecule has 0 saturated carbocycles. The van der Waals surface area contributed by atoms with Crippen molar-refractivity contribution in [1.82, 2.24) is 9.97 Å². The van der Waals surface area contributed by atoms with Gasteiger partial charge in [-0.1, -0.05) is 12.1 Å². The summed E-state index contributed by atoms with van der Waals surface area (Å²) in [6.45, 7) is 7.73. The van der Waals surface area contributed by atoms with Gasteiger partial charge in [-0.25, -0.2) is 9.78 Å². The minimum atomic E-state index is -0.762. The summed E-state index contributed by atoms with van der Waals surface area (Å²) >= 11 is 0. The zero-order valence-electron chi connectivity index (χ0n) is 19.0. The lowest BCUT2D eigenvalue weighted by atomic mass is 9.93. The molecule has 0 aliphatic carbocycles. The fourth-order valence-corrected chi connectivity index (χ4v) is 3.34. The molecule has 32 heavy (non-hydrogen) atoms. The van der Waals surface area contributed by atoms with Gasteiger partial charge in [-0.3, -0.25) is 4.79 Å². The first-order valence-electron chi connectivity index (χ1n) is 10.4. The van der Waals surface area contributed by atoms with Gasteiger partial charge in [0, 0.05) is 29.2 Å². The first kappa shape index (κ1) is 23.1. The summed E-state index contributed by atoms with van der Waals surface area (Å²) < 4.78 is 16.3. The zero-order valence-corrected chi connectivity index (χ0v) is 19.0. The van der Waals surface area contributed by atoms with E-state index in [1.807, 2.05) is 52.0 Å². The molecular formula is C25H28N2O5. The Morgan fingerprint density at radius 2 is 1.88 bits per heavy atom. The number of hydrogen-bond donors (Lipinski definition) is 1. The molecule has 1 aromatic carbocycles. The second-order valence-corrected chi connectivity index (χ2v) is 8.22. The molecule has 0 fully saturated rings. The number of ether oxygens (including phenoxy) is 3. The number of benzene rings is 1. The Labute approximate surface area is 187 Å². The van der Waals surface area contributed by atoms with Crippen molar-refractivity contribution in [3.8, 4) is 17.0 Å². The molecule has 3 aromatic rings. The molecule has 3 rings (SSSR count). The number of H-pyrrole nitrogens is 1. The van der Waals surface area contributed by atoms with Gasteiger partial charge in [-0.15, -0.1) is 0 Å². The molecule has 1 unspecified atom stereocenters. The number of esters is 2. The first-order valence-corrected chi connectivity index (χ1v) is 10.4. The summed E-state index contributed by atoms with van der Waals surface area (Å²) in [5.74, 6) is -1.25. The van der Waals surface area contributed by atoms with E-state index in [1.165, 1.54) is 7.11 Å². The lowest BCUT2D eigenvalue weighted by Gasteiger charge is -2.25. The number of rotatable bonds is 7. The SMILES string of the molecule is CCOc1ncc(-c2cccc(C(=O)OC)c2)cc1C(C(=O)OC(C)(C)C)c1ccc[nH]1. The summed E-state index contributed by atoms with van der Waals surface area (Å²) in [4.78, 5) is 32.8. The van der Waals surface area contributed by atoms with Crippen LogP contribution in [0.4, 0.5) is 0 Å². The summed E-state index contributed by atoms with van der Waals surface area (Å²) in [6.07, 6.45) is 3.41. The van der Waals surface area contributed by atoms with Gasteiger partial charge >= 0.3 is 11.9 Å². The second-order valence-electron chi connectivity index (χ2n) is 8.22. The molecule has 2 heterocycles. The van der Waals surface area contributed by atoms with Crippen molar-refractivity contribution in [2.24, 2.45) is 0 Å². The molecule has 1 atom stereocenters. The number of carbonyl (C=O) groups excluding carboxylic acids is 2. The molecule has 1 N–H and O–H groups in total. The second kappa shape index (κ2) is 9.68. The number of aromatic amines is 1. The molecule has 0 saturated heterocycles. The minimum absolute atomic E-state index is 0.353. The Hall–Kier alpha value is -3.61. The van der Waals surface area contributed by atoms with Gasteiger partial charge in [-0.05, 0) is 63.6 Å². The van der Waals surface area contributed by atoms with Crippen LogP contribution in [0, 0.1) is 0 Å². The van der Waals surface area contributed by atoms with Crippen LogP contribution >= 0.6 is 0 Å². The normalized spacial score (nSPS) is 12.2. The number of carbonyl (C=O) groups is 2. The third-order valence-electron chi connectivity index (χ3n) is 4.66. The summed E-state index contributed by atoms with van der Waals surface area (Å²) in [5, 5.41) is 0. The highest BCUT2D eigenvalue weighted by Gasteiger charge is 2.32. The molecule has 0 bridgehead atoms. The lowest BCUT2D eigenvalue weighted by Crippen LogP contribution is -2.29. The van der Waals surface area contributed by atoms with Crippen molar-refractivity contribution < 1.29 is 23.8 Å². The van der Waals surface area contributed by atoms with Crippen LogP contribution in [0.15, 0.2) is 54.9 Å². The van der Waals surface area contributed by atoms with Crippen LogP contribution in [0.3, 0.4) is 0 Å². The fourth-order valence-electron chi connectivity index (χ4n) is 3.34. The number of hydrogen-bond acceptors (Lipinski definition) is 6. The maximum atomic E-state index is 13.3. The van der Waals surface area contributed by atoms with Crippen molar-refractivity contribution in [1.29, 1.82) is 0 Å². The number of aromatic nitrogens is 2. The Kier molecular flexibility index (Phi) is 6.98. The largest absolute Gasteiger partial charge is 0.478 e. The van der Waals surface area contributed by atoms with Crippen LogP contribution in [-0.2, 0) is 14.3 Å². The van der Waals surface area contributed by atoms with E-state index in [2.05, 4.69) is 9.97 Å². The van der Waals surface area contributed by atoms with Gasteiger partial charge in [-0.2, -0.15) is 0 Å². The Morgan fingerprint density at radius 1 is 1.09 bits per heavy atom. The number of nitrogens with zero attached hydrogens (tertiary/aromatic N) is 1. The topological polar surface area (TPSA) is 90.5 Å². The molecule has 0 aliphatic rings. The van der Waals surface area contributed by atoms with Crippen LogP contribution in [0.25, 0.3) is 11.1 Å². The molecule has 0 aliphatic heterocycles. The van der Waals surface area contributed by atoms with Gasteiger partial charge < -0.3 is 19.2 Å². The Morgan fingerprint density at radius 3 is 2.50 bits per heavy atom. The predicted octanol–water partition coefficient (Wildman–Crippen LogP) is 4.74. The zero-order chi connectivity index (χ0) is 23.3. The van der Waals surface area contributed by atoms with Crippen LogP contribution in [0.1, 0.15) is 55.2 Å². The molecule has 2 aromatic heterocycles. The van der Waals surface area contributed by atoms with Crippen molar-refractivity contribution in [3.63, 3.8) is 0 Å². The van der Waals surface area contributed by atoms with Crippen LogP contribution in [-0.4, -0.2) is 41.2 Å². The summed E-state index contributed by atoms with van der Waals surface area (Å²) in [5.41, 5.74) is 2.50. The van der Waals surface area contributed by atoms with Gasteiger partial charge in [0.15, 0.2) is 0 Å². The highest BCUT2D eigenvalue weighted by atomic mass is 16.6. The third kappa shape index (κ3) is 5.35. The van der Waals surface area contributed by atoms with Crippen LogP contribution in [0.2, 0.25) is 0 Å². The quantitative estimate of drug-likeness (QED) is 0.538. The molecule has 0 amide bonds. The number of pyridine rings is 1. The maximum absolute atomic E-state index is 13.3. The smallest absolute Gasteiger partial charge is 0.337 e. The summed E-state index contributed by atoms with van der Waals surface area (Å²) in [6, 6.07) is 12.5. The highest BCUT2D eigenvalue weighted by Crippen LogP contribution is 2.35. The van der Waals surface area contributed by atoms with Crippen LogP contribution < -0.4 is 4.74 Å². The van der Waals surface area contributed by atoms with Crippen molar-refractivity contribution in [2.75, 3.05) is 13.7 Å². The highest BCUT2D eigenvalue weighted by molar-refractivity contribution is 5.91. The molecular weight excluding hydrogens is 408 g/mol. The molecule has 7 nitrogen and oxygen atoms in total. The van der Waals surface area contributed by atoms with E-state index in [4.69, 9.17) is 14.2 Å². The Balaban J connectivity index is 2.14. The van der Waals surface area contributed by atoms with Gasteiger partial charge in [0.2, 0.25) is 5.88 Å². The number of methoxy groups -OCH3 is 1. The van der Waals surface area contributed by atoms with Crippen LogP contribution in [0.5, 0.6) is 5.88 Å². The molecule has 7 heteroatoms. The van der Waals surface area contributed by atoms with E-state index in [-0.39, 0.29) is 0 Å². The van der Waals surface area contributed by atoms with Crippen molar-refractivity contribution in [3.05, 3.63) is 71.7 Å². The third-order valence-corrected chi connectivity index (χ3v) is 4.66. The van der Waals surface area contributed by atoms with Gasteiger partial charge in [0.05, 0.1) is 19.3 Å². The predicted molar refractivity (Wildman–Crippen MR) is 121 cm³/mol. The van der Waals surface area contributed by atoms with Gasteiger partial charge in [0.25, 0.3) is 0 Å². The fraction of sp³-hybridized carbons (Fsp3) is 0.320. The van der Waals surface area contributed by atoms with Crippen molar-refractivity contribution >= 4 is 11.9 Å². The number of nitrogens with one attached hydrogen (secondary N) is 1. The monoisotopic (exact) mass is 436 g/mol. The minimum Gasteiger partial charge on any atom is -0.478 e.